The van der Waals surface area contributed by atoms with Crippen LogP contribution in [0.2, 0.25) is 0 Å². The number of carbonyl (C=O) groups excluding carboxylic acids is 1. The van der Waals surface area contributed by atoms with Crippen molar-refractivity contribution < 1.29 is 9.53 Å². The molecule has 15 heavy (non-hydrogen) atoms. The van der Waals surface area contributed by atoms with Gasteiger partial charge in [0.1, 0.15) is 6.61 Å². The molecule has 0 unspecified atom stereocenters. The topological polar surface area (TPSA) is 52.1 Å². The van der Waals surface area contributed by atoms with Crippen LogP contribution in [-0.2, 0) is 9.53 Å². The minimum atomic E-state index is -0.391. The van der Waals surface area contributed by atoms with Crippen LogP contribution in [0.3, 0.4) is 0 Å². The van der Waals surface area contributed by atoms with Gasteiger partial charge in [-0.2, -0.15) is 0 Å². The summed E-state index contributed by atoms with van der Waals surface area (Å²) in [6.07, 6.45) is 3.11. The van der Waals surface area contributed by atoms with E-state index in [2.05, 4.69) is 16.8 Å². The van der Waals surface area contributed by atoms with Crippen LogP contribution in [0.5, 0.6) is 0 Å². The zero-order valence-corrected chi connectivity index (χ0v) is 10.6. The van der Waals surface area contributed by atoms with Crippen LogP contribution >= 0.6 is 34.9 Å². The van der Waals surface area contributed by atoms with E-state index in [9.17, 15) is 4.79 Å². The molecule has 0 bridgehead atoms. The third-order valence-corrected chi connectivity index (χ3v) is 4.28. The molecule has 0 N–H and O–H groups in total. The Morgan fingerprint density at radius 3 is 2.93 bits per heavy atom. The van der Waals surface area contributed by atoms with Gasteiger partial charge in [-0.05, 0) is 6.26 Å². The highest BCUT2D eigenvalue weighted by atomic mass is 32.2. The molecule has 1 heterocycles. The molecule has 0 aromatic carbocycles. The van der Waals surface area contributed by atoms with Gasteiger partial charge in [0, 0.05) is 11.8 Å². The fraction of sp³-hybridized carbons (Fsp3) is 0.375. The van der Waals surface area contributed by atoms with Gasteiger partial charge in [-0.3, -0.25) is 0 Å². The molecule has 0 amide bonds. The fourth-order valence-corrected chi connectivity index (χ4v) is 2.99. The highest BCUT2D eigenvalue weighted by Crippen LogP contribution is 2.26. The average Bonchev–Trinajstić information content (AvgIpc) is 2.72. The maximum absolute atomic E-state index is 10.7. The summed E-state index contributed by atoms with van der Waals surface area (Å²) in [7, 11) is 0. The van der Waals surface area contributed by atoms with Crippen LogP contribution < -0.4 is 0 Å². The molecule has 0 radical (unpaired) electrons. The minimum absolute atomic E-state index is 0.365. The van der Waals surface area contributed by atoms with E-state index in [1.54, 1.807) is 23.1 Å². The number of rotatable bonds is 6. The molecule has 0 aliphatic carbocycles. The van der Waals surface area contributed by atoms with Crippen LogP contribution in [0.25, 0.3) is 0 Å². The molecule has 0 saturated heterocycles. The first-order valence-corrected chi connectivity index (χ1v) is 7.08. The van der Waals surface area contributed by atoms with Gasteiger partial charge >= 0.3 is 5.97 Å². The molecular weight excluding hydrogens is 252 g/mol. The Balaban J connectivity index is 2.20. The normalized spacial score (nSPS) is 9.93. The van der Waals surface area contributed by atoms with Crippen molar-refractivity contribution in [2.45, 2.75) is 8.68 Å². The average molecular weight is 262 g/mol. The second-order valence-corrected chi connectivity index (χ2v) is 5.63. The molecule has 1 rings (SSSR count). The van der Waals surface area contributed by atoms with Crippen molar-refractivity contribution in [2.75, 3.05) is 18.6 Å². The number of esters is 1. The lowest BCUT2D eigenvalue weighted by Crippen LogP contribution is -2.03. The summed E-state index contributed by atoms with van der Waals surface area (Å²) in [6, 6.07) is 0. The molecule has 1 aromatic heterocycles. The molecule has 0 fully saturated rings. The number of ether oxygens (including phenoxy) is 1. The lowest BCUT2D eigenvalue weighted by Gasteiger charge is -1.98. The highest BCUT2D eigenvalue weighted by Gasteiger charge is 2.03. The molecule has 4 nitrogen and oxygen atoms in total. The van der Waals surface area contributed by atoms with Gasteiger partial charge in [-0.1, -0.05) is 41.4 Å². The van der Waals surface area contributed by atoms with Crippen molar-refractivity contribution in [3.8, 4) is 0 Å². The molecule has 0 atom stereocenters. The summed E-state index contributed by atoms with van der Waals surface area (Å²) in [5.74, 6) is 0.292. The van der Waals surface area contributed by atoms with Gasteiger partial charge in [-0.25, -0.2) is 4.79 Å². The number of aromatic nitrogens is 2. The van der Waals surface area contributed by atoms with Crippen molar-refractivity contribution in [2.24, 2.45) is 0 Å². The lowest BCUT2D eigenvalue weighted by molar-refractivity contribution is -0.137. The highest BCUT2D eigenvalue weighted by molar-refractivity contribution is 8.02. The summed E-state index contributed by atoms with van der Waals surface area (Å²) in [4.78, 5) is 10.7. The Labute approximate surface area is 101 Å². The van der Waals surface area contributed by atoms with E-state index in [4.69, 9.17) is 4.74 Å². The monoisotopic (exact) mass is 262 g/mol. The van der Waals surface area contributed by atoms with Crippen molar-refractivity contribution in [1.82, 2.24) is 10.2 Å². The second-order valence-electron chi connectivity index (χ2n) is 2.26. The number of hydrogen-bond donors (Lipinski definition) is 0. The van der Waals surface area contributed by atoms with Crippen molar-refractivity contribution in [3.63, 3.8) is 0 Å². The van der Waals surface area contributed by atoms with E-state index in [1.165, 1.54) is 11.8 Å². The fourth-order valence-electron chi connectivity index (χ4n) is 0.668. The van der Waals surface area contributed by atoms with Gasteiger partial charge in [-0.15, -0.1) is 10.2 Å². The van der Waals surface area contributed by atoms with Gasteiger partial charge in [0.2, 0.25) is 0 Å². The van der Waals surface area contributed by atoms with Crippen LogP contribution in [-0.4, -0.2) is 34.8 Å². The van der Waals surface area contributed by atoms with E-state index < -0.39 is 5.97 Å². The van der Waals surface area contributed by atoms with Crippen molar-refractivity contribution >= 4 is 40.8 Å². The quantitative estimate of drug-likeness (QED) is 0.338. The Morgan fingerprint density at radius 2 is 2.33 bits per heavy atom. The first-order valence-electron chi connectivity index (χ1n) is 4.05. The summed E-state index contributed by atoms with van der Waals surface area (Å²) in [5, 5.41) is 7.93. The standard InChI is InChI=1S/C8H10N2O2S3/c1-3-6(11)12-4-5-14-8-10-9-7(13-2)15-8/h3H,1,4-5H2,2H3. The second kappa shape index (κ2) is 6.86. The first kappa shape index (κ1) is 12.5. The van der Waals surface area contributed by atoms with Gasteiger partial charge in [0.15, 0.2) is 8.68 Å². The molecule has 0 spiro atoms. The molecule has 7 heteroatoms. The Bertz CT molecular complexity index is 340. The van der Waals surface area contributed by atoms with Crippen LogP contribution in [0.15, 0.2) is 21.3 Å². The maximum Gasteiger partial charge on any atom is 0.330 e. The third-order valence-electron chi connectivity index (χ3n) is 1.28. The molecule has 82 valence electrons. The smallest absolute Gasteiger partial charge is 0.330 e. The van der Waals surface area contributed by atoms with Crippen molar-refractivity contribution in [1.29, 1.82) is 0 Å². The predicted octanol–water partition coefficient (Wildman–Crippen LogP) is 2.08. The Kier molecular flexibility index (Phi) is 5.74. The Morgan fingerprint density at radius 1 is 1.60 bits per heavy atom. The van der Waals surface area contributed by atoms with Crippen LogP contribution in [0.1, 0.15) is 0 Å². The van der Waals surface area contributed by atoms with E-state index in [1.807, 2.05) is 6.26 Å². The molecule has 0 saturated carbocycles. The number of thioether (sulfide) groups is 2. The lowest BCUT2D eigenvalue weighted by atomic mass is 10.6. The van der Waals surface area contributed by atoms with Crippen molar-refractivity contribution in [3.05, 3.63) is 12.7 Å². The predicted molar refractivity (Wildman–Crippen MR) is 63.6 cm³/mol. The molecular formula is C8H10N2O2S3. The first-order chi connectivity index (χ1) is 7.26. The van der Waals surface area contributed by atoms with Crippen LogP contribution in [0, 0.1) is 0 Å². The van der Waals surface area contributed by atoms with E-state index in [0.717, 1.165) is 14.8 Å². The van der Waals surface area contributed by atoms with Gasteiger partial charge in [0.05, 0.1) is 0 Å². The summed E-state index contributed by atoms with van der Waals surface area (Å²) < 4.78 is 6.66. The zero-order valence-electron chi connectivity index (χ0n) is 8.13. The molecule has 0 aliphatic heterocycles. The molecule has 0 aliphatic rings. The summed E-state index contributed by atoms with van der Waals surface area (Å²) in [6.45, 7) is 3.67. The third kappa shape index (κ3) is 4.67. The number of hydrogen-bond acceptors (Lipinski definition) is 7. The van der Waals surface area contributed by atoms with E-state index in [0.29, 0.717) is 12.4 Å². The van der Waals surface area contributed by atoms with Crippen LogP contribution in [0.4, 0.5) is 0 Å². The minimum Gasteiger partial charge on any atom is -0.462 e. The van der Waals surface area contributed by atoms with Gasteiger partial charge < -0.3 is 4.74 Å². The van der Waals surface area contributed by atoms with E-state index >= 15 is 0 Å². The summed E-state index contributed by atoms with van der Waals surface area (Å²) in [5.41, 5.74) is 0. The largest absolute Gasteiger partial charge is 0.462 e. The molecule has 1 aromatic rings. The maximum atomic E-state index is 10.7. The number of carbonyl (C=O) groups is 1. The van der Waals surface area contributed by atoms with Gasteiger partial charge in [0.25, 0.3) is 0 Å². The summed E-state index contributed by atoms with van der Waals surface area (Å²) >= 11 is 4.64. The zero-order chi connectivity index (χ0) is 11.1. The number of nitrogens with zero attached hydrogens (tertiary/aromatic N) is 2. The van der Waals surface area contributed by atoms with E-state index in [-0.39, 0.29) is 0 Å². The Hall–Kier alpha value is -0.530. The SMILES string of the molecule is C=CC(=O)OCCSc1nnc(SC)s1.